The number of hydrogen-bond donors (Lipinski definition) is 0. The fourth-order valence-electron chi connectivity index (χ4n) is 5.19. The van der Waals surface area contributed by atoms with E-state index >= 15 is 0 Å². The number of nitrogens with zero attached hydrogens (tertiary/aromatic N) is 1. The predicted octanol–water partition coefficient (Wildman–Crippen LogP) is 7.19. The summed E-state index contributed by atoms with van der Waals surface area (Å²) < 4.78 is 12.1. The van der Waals surface area contributed by atoms with E-state index < -0.39 is 0 Å². The number of benzene rings is 2. The minimum Gasteiger partial charge on any atom is -0.455 e. The van der Waals surface area contributed by atoms with E-state index in [1.807, 2.05) is 46.8 Å². The second-order valence-corrected chi connectivity index (χ2v) is 14.9. The molecule has 0 amide bonds. The molecule has 2 nitrogen and oxygen atoms in total. The van der Waals surface area contributed by atoms with Gasteiger partial charge in [-0.1, -0.05) is 71.5 Å². The summed E-state index contributed by atoms with van der Waals surface area (Å²) in [7, 11) is 0. The Morgan fingerprint density at radius 1 is 0.771 bits per heavy atom. The molecule has 0 saturated carbocycles. The third-order valence-corrected chi connectivity index (χ3v) is 11.0. The topological polar surface area (TPSA) is 22.1 Å². The second-order valence-electron chi connectivity index (χ2n) is 11.7. The van der Waals surface area contributed by atoms with Crippen molar-refractivity contribution < 1.29 is 4.74 Å². The van der Waals surface area contributed by atoms with Gasteiger partial charge in [0.2, 0.25) is 0 Å². The lowest BCUT2D eigenvalue weighted by atomic mass is 9.41. The van der Waals surface area contributed by atoms with Gasteiger partial charge in [0.05, 0.1) is 6.20 Å². The highest BCUT2D eigenvalue weighted by atomic mass is 32.2. The van der Waals surface area contributed by atoms with E-state index in [9.17, 15) is 0 Å². The molecular formula is C29H26BNOS3. The van der Waals surface area contributed by atoms with E-state index in [4.69, 9.17) is 4.74 Å². The van der Waals surface area contributed by atoms with Crippen LogP contribution in [0.15, 0.2) is 58.6 Å². The Bertz CT molecular complexity index is 1680. The summed E-state index contributed by atoms with van der Waals surface area (Å²) in [5.74, 6) is 1.94. The number of fused-ring (bicyclic) bond motifs is 8. The van der Waals surface area contributed by atoms with E-state index in [2.05, 4.69) is 82.9 Å². The molecule has 35 heavy (non-hydrogen) atoms. The Hall–Kier alpha value is -2.28. The van der Waals surface area contributed by atoms with Crippen LogP contribution < -0.4 is 19.8 Å². The first kappa shape index (κ1) is 22.0. The summed E-state index contributed by atoms with van der Waals surface area (Å²) in [4.78, 5) is 7.19. The predicted molar refractivity (Wildman–Crippen MR) is 154 cm³/mol. The first-order valence-corrected chi connectivity index (χ1v) is 14.5. The molecule has 2 aliphatic heterocycles. The molecule has 0 atom stereocenters. The van der Waals surface area contributed by atoms with Gasteiger partial charge in [-0.3, -0.25) is 4.98 Å². The number of ether oxygens (including phenoxy) is 1. The van der Waals surface area contributed by atoms with E-state index in [0.717, 1.165) is 11.5 Å². The number of aromatic nitrogens is 1. The first-order valence-electron chi connectivity index (χ1n) is 12.1. The molecule has 0 saturated heterocycles. The molecule has 5 aromatic rings. The average molecular weight is 512 g/mol. The van der Waals surface area contributed by atoms with Crippen LogP contribution in [0, 0.1) is 0 Å². The van der Waals surface area contributed by atoms with Crippen molar-refractivity contribution in [1.29, 1.82) is 0 Å². The summed E-state index contributed by atoms with van der Waals surface area (Å²) in [6.45, 7) is 13.9. The highest BCUT2D eigenvalue weighted by Gasteiger charge is 2.43. The molecule has 5 heterocycles. The molecule has 0 aliphatic carbocycles. The van der Waals surface area contributed by atoms with Crippen LogP contribution in [0.3, 0.4) is 0 Å². The van der Waals surface area contributed by atoms with Crippen LogP contribution in [0.1, 0.15) is 52.7 Å². The van der Waals surface area contributed by atoms with Gasteiger partial charge in [0.25, 0.3) is 6.71 Å². The zero-order valence-electron chi connectivity index (χ0n) is 20.8. The van der Waals surface area contributed by atoms with Gasteiger partial charge < -0.3 is 4.74 Å². The number of hydrogen-bond acceptors (Lipinski definition) is 5. The molecule has 174 valence electrons. The van der Waals surface area contributed by atoms with E-state index in [-0.39, 0.29) is 17.5 Å². The second kappa shape index (κ2) is 7.15. The summed E-state index contributed by atoms with van der Waals surface area (Å²) in [6, 6.07) is 13.9. The summed E-state index contributed by atoms with van der Waals surface area (Å²) in [5, 5.41) is 2.59. The molecule has 2 aromatic carbocycles. The SMILES string of the molecule is CC(C)(C)c1ccc2c3c(sc2c1)B1c2sc4ccc(C(C)(C)C)cc4c2Oc2cncc(c21)S3. The van der Waals surface area contributed by atoms with Gasteiger partial charge in [-0.05, 0) is 50.4 Å². The van der Waals surface area contributed by atoms with Crippen LogP contribution in [0.25, 0.3) is 20.2 Å². The smallest absolute Gasteiger partial charge is 0.279 e. The zero-order valence-corrected chi connectivity index (χ0v) is 23.2. The van der Waals surface area contributed by atoms with E-state index in [1.54, 1.807) is 0 Å². The molecule has 6 heteroatoms. The molecule has 2 aliphatic rings. The van der Waals surface area contributed by atoms with Crippen LogP contribution >= 0.6 is 34.4 Å². The Kier molecular flexibility index (Phi) is 4.49. The first-order chi connectivity index (χ1) is 16.6. The minimum atomic E-state index is 0.0925. The monoisotopic (exact) mass is 511 g/mol. The fourth-order valence-corrected chi connectivity index (χ4v) is 9.24. The Labute approximate surface area is 218 Å². The highest BCUT2D eigenvalue weighted by Crippen LogP contribution is 2.45. The van der Waals surface area contributed by atoms with Crippen molar-refractivity contribution in [2.45, 2.75) is 62.2 Å². The van der Waals surface area contributed by atoms with Gasteiger partial charge >= 0.3 is 0 Å². The van der Waals surface area contributed by atoms with Gasteiger partial charge in [-0.15, -0.1) is 22.7 Å². The lowest BCUT2D eigenvalue weighted by Crippen LogP contribution is -2.55. The quantitative estimate of drug-likeness (QED) is 0.201. The lowest BCUT2D eigenvalue weighted by molar-refractivity contribution is 0.490. The van der Waals surface area contributed by atoms with Gasteiger partial charge in [0.15, 0.2) is 0 Å². The van der Waals surface area contributed by atoms with Gasteiger partial charge in [-0.25, -0.2) is 0 Å². The van der Waals surface area contributed by atoms with Gasteiger partial charge in [0, 0.05) is 40.9 Å². The molecule has 0 fully saturated rings. The fraction of sp³-hybridized carbons (Fsp3) is 0.276. The van der Waals surface area contributed by atoms with Crippen molar-refractivity contribution in [1.82, 2.24) is 4.98 Å². The van der Waals surface area contributed by atoms with Crippen molar-refractivity contribution in [2.75, 3.05) is 0 Å². The van der Waals surface area contributed by atoms with Crippen LogP contribution in [-0.2, 0) is 10.8 Å². The number of pyridine rings is 1. The molecule has 0 spiro atoms. The van der Waals surface area contributed by atoms with Crippen LogP contribution in [-0.4, -0.2) is 11.7 Å². The van der Waals surface area contributed by atoms with Gasteiger partial charge in [0.1, 0.15) is 11.5 Å². The summed E-state index contributed by atoms with van der Waals surface area (Å²) >= 11 is 5.71. The third-order valence-electron chi connectivity index (χ3n) is 7.22. The van der Waals surface area contributed by atoms with E-state index in [0.29, 0.717) is 0 Å². The van der Waals surface area contributed by atoms with Crippen molar-refractivity contribution in [3.63, 3.8) is 0 Å². The largest absolute Gasteiger partial charge is 0.455 e. The molecule has 0 unspecified atom stereocenters. The van der Waals surface area contributed by atoms with Gasteiger partial charge in [-0.2, -0.15) is 0 Å². The van der Waals surface area contributed by atoms with Crippen molar-refractivity contribution in [3.8, 4) is 11.5 Å². The normalized spacial score (nSPS) is 14.6. The maximum Gasteiger partial charge on any atom is 0.279 e. The summed E-state index contributed by atoms with van der Waals surface area (Å²) in [6.07, 6.45) is 3.92. The Morgan fingerprint density at radius 2 is 1.49 bits per heavy atom. The molecule has 0 N–H and O–H groups in total. The average Bonchev–Trinajstić information content (AvgIpc) is 3.35. The summed E-state index contributed by atoms with van der Waals surface area (Å²) in [5.41, 5.74) is 4.24. The maximum absolute atomic E-state index is 6.64. The highest BCUT2D eigenvalue weighted by molar-refractivity contribution is 8.00. The maximum atomic E-state index is 6.64. The Balaban J connectivity index is 1.50. The van der Waals surface area contributed by atoms with Crippen LogP contribution in [0.2, 0.25) is 0 Å². The van der Waals surface area contributed by atoms with Crippen molar-refractivity contribution >= 4 is 76.3 Å². The van der Waals surface area contributed by atoms with Crippen molar-refractivity contribution in [2.24, 2.45) is 0 Å². The number of thiophene rings is 2. The van der Waals surface area contributed by atoms with Crippen LogP contribution in [0.5, 0.6) is 11.5 Å². The van der Waals surface area contributed by atoms with E-state index in [1.165, 1.54) is 56.1 Å². The number of rotatable bonds is 0. The molecule has 7 rings (SSSR count). The standard InChI is InChI=1S/C29H26BNOS3/c1-28(2,3)15-8-10-20-18(11-15)24-26(34-20)30-23-19(32-24)13-31-14-22(23)33-25-17-9-7-16(29(4,5)6)12-21(17)35-27(25)30/h7-14H,1-6H3. The van der Waals surface area contributed by atoms with Crippen LogP contribution in [0.4, 0.5) is 0 Å². The zero-order chi connectivity index (χ0) is 24.3. The molecule has 0 bridgehead atoms. The molecule has 0 radical (unpaired) electrons. The molecule has 3 aromatic heterocycles. The van der Waals surface area contributed by atoms with Crippen molar-refractivity contribution in [3.05, 3.63) is 59.9 Å². The molecular weight excluding hydrogens is 485 g/mol. The Morgan fingerprint density at radius 3 is 2.26 bits per heavy atom. The third kappa shape index (κ3) is 3.19. The lowest BCUT2D eigenvalue weighted by Gasteiger charge is -2.29. The minimum absolute atomic E-state index is 0.0925.